The Morgan fingerprint density at radius 2 is 1.94 bits per heavy atom. The maximum Gasteiger partial charge on any atom is 0.279 e. The van der Waals surface area contributed by atoms with Crippen LogP contribution in [0.3, 0.4) is 0 Å². The molecule has 0 aliphatic rings. The van der Waals surface area contributed by atoms with Gasteiger partial charge in [0, 0.05) is 23.0 Å². The summed E-state index contributed by atoms with van der Waals surface area (Å²) in [6.07, 6.45) is 3.54. The van der Waals surface area contributed by atoms with Crippen LogP contribution in [0.4, 0.5) is 5.69 Å². The van der Waals surface area contributed by atoms with Crippen LogP contribution in [0.1, 0.15) is 19.9 Å². The van der Waals surface area contributed by atoms with Crippen LogP contribution < -0.4 is 20.3 Å². The lowest BCUT2D eigenvalue weighted by atomic mass is 10.1. The van der Waals surface area contributed by atoms with Crippen LogP contribution in [0.5, 0.6) is 11.5 Å². The van der Waals surface area contributed by atoms with Crippen molar-refractivity contribution in [3.05, 3.63) is 59.1 Å². The van der Waals surface area contributed by atoms with Crippen molar-refractivity contribution in [3.8, 4) is 11.5 Å². The molecule has 4 aromatic rings. The van der Waals surface area contributed by atoms with Crippen LogP contribution in [0.25, 0.3) is 21.7 Å². The zero-order chi connectivity index (χ0) is 22.1. The predicted octanol–water partition coefficient (Wildman–Crippen LogP) is 3.59. The number of aromatic nitrogens is 3. The Kier molecular flexibility index (Phi) is 5.37. The standard InChI is InChI=1S/C23H24N4O4/c1-14(2)26-11-10-16-17(6-5-7-18(16)26)25-20(28)13-27-23(29)21-15(12-24-27)8-9-19(30-3)22(21)31-4/h5-12,14H,13H2,1-4H3,(H,25,28). The third-order valence-corrected chi connectivity index (χ3v) is 5.25. The van der Waals surface area contributed by atoms with Crippen molar-refractivity contribution in [2.45, 2.75) is 26.4 Å². The molecule has 2 aromatic carbocycles. The summed E-state index contributed by atoms with van der Waals surface area (Å²) in [6, 6.07) is 11.5. The van der Waals surface area contributed by atoms with E-state index in [4.69, 9.17) is 9.47 Å². The Bertz CT molecular complexity index is 1340. The number of benzene rings is 2. The van der Waals surface area contributed by atoms with Gasteiger partial charge in [-0.2, -0.15) is 5.10 Å². The highest BCUT2D eigenvalue weighted by Gasteiger charge is 2.17. The van der Waals surface area contributed by atoms with Crippen LogP contribution in [-0.4, -0.2) is 34.5 Å². The Balaban J connectivity index is 1.66. The van der Waals surface area contributed by atoms with Gasteiger partial charge in [0.2, 0.25) is 5.91 Å². The summed E-state index contributed by atoms with van der Waals surface area (Å²) in [5.74, 6) is 0.414. The highest BCUT2D eigenvalue weighted by molar-refractivity contribution is 6.01. The minimum Gasteiger partial charge on any atom is -0.493 e. The van der Waals surface area contributed by atoms with E-state index in [-0.39, 0.29) is 12.5 Å². The van der Waals surface area contributed by atoms with E-state index in [9.17, 15) is 9.59 Å². The second-order valence-electron chi connectivity index (χ2n) is 7.48. The molecule has 0 aliphatic carbocycles. The van der Waals surface area contributed by atoms with E-state index in [0.29, 0.717) is 34.0 Å². The fourth-order valence-electron chi connectivity index (χ4n) is 3.77. The van der Waals surface area contributed by atoms with E-state index in [1.54, 1.807) is 12.1 Å². The number of nitrogens with zero attached hydrogens (tertiary/aromatic N) is 3. The monoisotopic (exact) mass is 420 g/mol. The van der Waals surface area contributed by atoms with Gasteiger partial charge in [0.15, 0.2) is 11.5 Å². The normalized spacial score (nSPS) is 11.3. The summed E-state index contributed by atoms with van der Waals surface area (Å²) >= 11 is 0. The first-order valence-electron chi connectivity index (χ1n) is 9.94. The van der Waals surface area contributed by atoms with Crippen molar-refractivity contribution in [1.29, 1.82) is 0 Å². The third-order valence-electron chi connectivity index (χ3n) is 5.25. The molecule has 1 amide bonds. The Morgan fingerprint density at radius 3 is 2.65 bits per heavy atom. The molecular formula is C23H24N4O4. The minimum absolute atomic E-state index is 0.226. The third kappa shape index (κ3) is 3.61. The highest BCUT2D eigenvalue weighted by Crippen LogP contribution is 2.32. The molecule has 4 rings (SSSR count). The molecule has 0 fully saturated rings. The van der Waals surface area contributed by atoms with Gasteiger partial charge in [0.25, 0.3) is 5.56 Å². The molecule has 31 heavy (non-hydrogen) atoms. The van der Waals surface area contributed by atoms with Crippen molar-refractivity contribution in [2.75, 3.05) is 19.5 Å². The molecule has 2 aromatic heterocycles. The highest BCUT2D eigenvalue weighted by atomic mass is 16.5. The molecular weight excluding hydrogens is 396 g/mol. The summed E-state index contributed by atoms with van der Waals surface area (Å²) in [4.78, 5) is 25.8. The van der Waals surface area contributed by atoms with Crippen molar-refractivity contribution in [3.63, 3.8) is 0 Å². The first kappa shape index (κ1) is 20.5. The number of carbonyl (C=O) groups is 1. The van der Waals surface area contributed by atoms with Gasteiger partial charge < -0.3 is 19.4 Å². The molecule has 0 spiro atoms. The number of amides is 1. The first-order chi connectivity index (χ1) is 14.9. The summed E-state index contributed by atoms with van der Waals surface area (Å²) < 4.78 is 13.9. The van der Waals surface area contributed by atoms with Crippen LogP contribution >= 0.6 is 0 Å². The SMILES string of the molecule is COc1ccc2cnn(CC(=O)Nc3cccc4c3ccn4C(C)C)c(=O)c2c1OC. The molecule has 1 N–H and O–H groups in total. The number of hydrogen-bond acceptors (Lipinski definition) is 5. The minimum atomic E-state index is -0.424. The second kappa shape index (κ2) is 8.14. The van der Waals surface area contributed by atoms with Crippen molar-refractivity contribution >= 4 is 33.3 Å². The molecule has 2 heterocycles. The van der Waals surface area contributed by atoms with E-state index < -0.39 is 5.56 Å². The number of nitrogens with one attached hydrogen (secondary N) is 1. The first-order valence-corrected chi connectivity index (χ1v) is 9.94. The van der Waals surface area contributed by atoms with Gasteiger partial charge in [-0.05, 0) is 44.2 Å². The van der Waals surface area contributed by atoms with E-state index >= 15 is 0 Å². The Hall–Kier alpha value is -3.81. The number of ether oxygens (including phenoxy) is 2. The number of hydrogen-bond donors (Lipinski definition) is 1. The molecule has 0 bridgehead atoms. The number of fused-ring (bicyclic) bond motifs is 2. The second-order valence-corrected chi connectivity index (χ2v) is 7.48. The number of methoxy groups -OCH3 is 2. The van der Waals surface area contributed by atoms with Gasteiger partial charge >= 0.3 is 0 Å². The van der Waals surface area contributed by atoms with Crippen molar-refractivity contribution in [2.24, 2.45) is 0 Å². The van der Waals surface area contributed by atoms with E-state index in [0.717, 1.165) is 15.6 Å². The lowest BCUT2D eigenvalue weighted by molar-refractivity contribution is -0.117. The molecule has 0 saturated carbocycles. The summed E-state index contributed by atoms with van der Waals surface area (Å²) in [7, 11) is 2.97. The largest absolute Gasteiger partial charge is 0.493 e. The summed E-state index contributed by atoms with van der Waals surface area (Å²) in [5, 5.41) is 8.93. The summed E-state index contributed by atoms with van der Waals surface area (Å²) in [6.45, 7) is 3.98. The van der Waals surface area contributed by atoms with Gasteiger partial charge in [-0.3, -0.25) is 9.59 Å². The van der Waals surface area contributed by atoms with E-state index in [2.05, 4.69) is 28.8 Å². The fraction of sp³-hybridized carbons (Fsp3) is 0.261. The lowest BCUT2D eigenvalue weighted by Gasteiger charge is -2.13. The Labute approximate surface area is 179 Å². The van der Waals surface area contributed by atoms with Gasteiger partial charge in [-0.1, -0.05) is 6.07 Å². The summed E-state index contributed by atoms with van der Waals surface area (Å²) in [5.41, 5.74) is 1.30. The molecule has 0 atom stereocenters. The quantitative estimate of drug-likeness (QED) is 0.515. The van der Waals surface area contributed by atoms with Gasteiger partial charge in [-0.25, -0.2) is 4.68 Å². The van der Waals surface area contributed by atoms with E-state index in [1.165, 1.54) is 20.4 Å². The topological polar surface area (TPSA) is 87.4 Å². The zero-order valence-corrected chi connectivity index (χ0v) is 17.9. The maximum atomic E-state index is 13.0. The van der Waals surface area contributed by atoms with Crippen LogP contribution in [0, 0.1) is 0 Å². The number of carbonyl (C=O) groups excluding carboxylic acids is 1. The molecule has 160 valence electrons. The average molecular weight is 420 g/mol. The molecule has 0 radical (unpaired) electrons. The van der Waals surface area contributed by atoms with Gasteiger partial charge in [0.1, 0.15) is 6.54 Å². The molecule has 0 aliphatic heterocycles. The molecule has 8 heteroatoms. The average Bonchev–Trinajstić information content (AvgIpc) is 3.20. The van der Waals surface area contributed by atoms with Crippen molar-refractivity contribution in [1.82, 2.24) is 14.3 Å². The number of rotatable bonds is 6. The van der Waals surface area contributed by atoms with Gasteiger partial charge in [0.05, 0.1) is 37.0 Å². The Morgan fingerprint density at radius 1 is 1.13 bits per heavy atom. The smallest absolute Gasteiger partial charge is 0.279 e. The zero-order valence-electron chi connectivity index (χ0n) is 17.9. The van der Waals surface area contributed by atoms with Gasteiger partial charge in [-0.15, -0.1) is 0 Å². The fourth-order valence-corrected chi connectivity index (χ4v) is 3.77. The van der Waals surface area contributed by atoms with Crippen molar-refractivity contribution < 1.29 is 14.3 Å². The van der Waals surface area contributed by atoms with Crippen LogP contribution in [0.15, 0.2) is 53.6 Å². The maximum absolute atomic E-state index is 13.0. The molecule has 8 nitrogen and oxygen atoms in total. The molecule has 0 unspecified atom stereocenters. The van der Waals surface area contributed by atoms with Crippen LogP contribution in [-0.2, 0) is 11.3 Å². The molecule has 0 saturated heterocycles. The predicted molar refractivity (Wildman–Crippen MR) is 120 cm³/mol. The lowest BCUT2D eigenvalue weighted by Crippen LogP contribution is -2.29. The van der Waals surface area contributed by atoms with Crippen LogP contribution in [0.2, 0.25) is 0 Å². The number of anilines is 1. The van der Waals surface area contributed by atoms with E-state index in [1.807, 2.05) is 30.5 Å².